The summed E-state index contributed by atoms with van der Waals surface area (Å²) in [4.78, 5) is 21.8. The van der Waals surface area contributed by atoms with E-state index in [1.54, 1.807) is 28.0 Å². The van der Waals surface area contributed by atoms with Gasteiger partial charge in [0.25, 0.3) is 5.91 Å². The van der Waals surface area contributed by atoms with Gasteiger partial charge in [0.05, 0.1) is 37.4 Å². The van der Waals surface area contributed by atoms with E-state index in [0.29, 0.717) is 12.3 Å². The molecule has 0 fully saturated rings. The first-order valence-electron chi connectivity index (χ1n) is 8.78. The molecule has 0 radical (unpaired) electrons. The molecule has 0 spiro atoms. The molecule has 0 aliphatic rings. The summed E-state index contributed by atoms with van der Waals surface area (Å²) >= 11 is 3.25. The number of aromatic nitrogens is 1. The van der Waals surface area contributed by atoms with Crippen molar-refractivity contribution >= 4 is 44.4 Å². The number of nitrogens with one attached hydrogen (secondary N) is 1. The van der Waals surface area contributed by atoms with Crippen LogP contribution in [-0.4, -0.2) is 50.9 Å². The van der Waals surface area contributed by atoms with Gasteiger partial charge in [-0.05, 0) is 36.6 Å². The van der Waals surface area contributed by atoms with Crippen LogP contribution in [0.3, 0.4) is 0 Å². The minimum absolute atomic E-state index is 0.00123. The molecule has 142 valence electrons. The van der Waals surface area contributed by atoms with Crippen LogP contribution in [0, 0.1) is 0 Å². The first kappa shape index (κ1) is 19.7. The van der Waals surface area contributed by atoms with E-state index in [-0.39, 0.29) is 12.5 Å². The molecule has 0 saturated carbocycles. The molecule has 0 atom stereocenters. The monoisotopic (exact) mass is 402 g/mol. The molecule has 0 saturated heterocycles. The van der Waals surface area contributed by atoms with Crippen LogP contribution in [0.25, 0.3) is 10.2 Å². The minimum atomic E-state index is -0.0794. The van der Waals surface area contributed by atoms with Gasteiger partial charge < -0.3 is 9.64 Å². The highest BCUT2D eigenvalue weighted by Crippen LogP contribution is 2.31. The fourth-order valence-corrected chi connectivity index (χ4v) is 4.10. The normalized spacial score (nSPS) is 11.1. The highest BCUT2D eigenvalue weighted by Gasteiger charge is 2.21. The number of benzene rings is 2. The number of ether oxygens (including phenoxy) is 1. The fourth-order valence-electron chi connectivity index (χ4n) is 2.54. The number of hydrogen-bond acceptors (Lipinski definition) is 5. The van der Waals surface area contributed by atoms with E-state index in [0.717, 1.165) is 21.9 Å². The number of amides is 1. The molecule has 0 aliphatic carbocycles. The van der Waals surface area contributed by atoms with Gasteiger partial charge in [-0.1, -0.05) is 29.5 Å². The summed E-state index contributed by atoms with van der Waals surface area (Å²) in [6, 6.07) is 15.6. The lowest BCUT2D eigenvalue weighted by Crippen LogP contribution is -3.06. The van der Waals surface area contributed by atoms with Crippen molar-refractivity contribution < 1.29 is 14.4 Å². The highest BCUT2D eigenvalue weighted by molar-refractivity contribution is 7.98. The topological polar surface area (TPSA) is 46.9 Å². The molecule has 1 aromatic heterocycles. The van der Waals surface area contributed by atoms with Gasteiger partial charge in [-0.25, -0.2) is 4.98 Å². The van der Waals surface area contributed by atoms with E-state index < -0.39 is 0 Å². The summed E-state index contributed by atoms with van der Waals surface area (Å²) in [6.45, 7) is 1.44. The molecule has 0 bridgehead atoms. The van der Waals surface area contributed by atoms with Crippen molar-refractivity contribution in [3.05, 3.63) is 48.5 Å². The number of fused-ring (bicyclic) bond motifs is 1. The summed E-state index contributed by atoms with van der Waals surface area (Å²) in [5.74, 6) is 0.613. The van der Waals surface area contributed by atoms with E-state index in [2.05, 4.69) is 32.5 Å². The van der Waals surface area contributed by atoms with Crippen molar-refractivity contribution in [1.82, 2.24) is 4.98 Å². The van der Waals surface area contributed by atoms with Crippen LogP contribution in [0.5, 0.6) is 5.75 Å². The van der Waals surface area contributed by atoms with Crippen molar-refractivity contribution in [2.24, 2.45) is 0 Å². The first-order valence-corrected chi connectivity index (χ1v) is 10.8. The van der Waals surface area contributed by atoms with E-state index in [4.69, 9.17) is 9.72 Å². The number of rotatable bonds is 8. The van der Waals surface area contributed by atoms with Gasteiger partial charge in [-0.2, -0.15) is 0 Å². The smallest absolute Gasteiger partial charge is 0.266 e. The zero-order valence-electron chi connectivity index (χ0n) is 15.8. The lowest BCUT2D eigenvalue weighted by molar-refractivity contribution is -0.856. The Balaban J connectivity index is 1.80. The minimum Gasteiger partial charge on any atom is -0.484 e. The van der Waals surface area contributed by atoms with Crippen molar-refractivity contribution in [2.75, 3.05) is 44.9 Å². The van der Waals surface area contributed by atoms with Crippen molar-refractivity contribution in [2.45, 2.75) is 4.90 Å². The van der Waals surface area contributed by atoms with Crippen LogP contribution in [0.15, 0.2) is 53.4 Å². The summed E-state index contributed by atoms with van der Waals surface area (Å²) in [6.07, 6.45) is 2.06. The van der Waals surface area contributed by atoms with E-state index in [9.17, 15) is 4.79 Å². The number of nitrogens with zero attached hydrogens (tertiary/aromatic N) is 2. The summed E-state index contributed by atoms with van der Waals surface area (Å²) in [5.41, 5.74) is 0.923. The van der Waals surface area contributed by atoms with Gasteiger partial charge in [0, 0.05) is 4.90 Å². The van der Waals surface area contributed by atoms with E-state index >= 15 is 0 Å². The van der Waals surface area contributed by atoms with E-state index in [1.165, 1.54) is 9.80 Å². The van der Waals surface area contributed by atoms with Crippen LogP contribution in [0.2, 0.25) is 0 Å². The molecule has 27 heavy (non-hydrogen) atoms. The summed E-state index contributed by atoms with van der Waals surface area (Å²) < 4.78 is 6.76. The van der Waals surface area contributed by atoms with Gasteiger partial charge in [0.2, 0.25) is 0 Å². The van der Waals surface area contributed by atoms with Crippen molar-refractivity contribution in [3.8, 4) is 5.75 Å². The third-order valence-corrected chi connectivity index (χ3v) is 5.82. The number of quaternary nitrogens is 1. The lowest BCUT2D eigenvalue weighted by Gasteiger charge is -2.20. The molecule has 1 heterocycles. The van der Waals surface area contributed by atoms with E-state index in [1.807, 2.05) is 36.4 Å². The number of thiazole rings is 1. The predicted octanol–water partition coefficient (Wildman–Crippen LogP) is 2.57. The lowest BCUT2D eigenvalue weighted by atomic mass is 10.3. The molecular formula is C20H24N3O2S2+. The molecule has 0 aliphatic heterocycles. The van der Waals surface area contributed by atoms with Gasteiger partial charge in [0.1, 0.15) is 5.75 Å². The average molecular weight is 403 g/mol. The first-order chi connectivity index (χ1) is 13.1. The third-order valence-electron chi connectivity index (χ3n) is 4.06. The Labute approximate surface area is 168 Å². The number of para-hydroxylation sites is 1. The fraction of sp³-hybridized carbons (Fsp3) is 0.300. The number of hydrogen-bond donors (Lipinski definition) is 1. The second-order valence-corrected chi connectivity index (χ2v) is 8.32. The molecule has 2 aromatic carbocycles. The van der Waals surface area contributed by atoms with Gasteiger partial charge in [0.15, 0.2) is 11.7 Å². The average Bonchev–Trinajstić information content (AvgIpc) is 3.09. The van der Waals surface area contributed by atoms with Crippen LogP contribution >= 0.6 is 23.1 Å². The molecule has 1 N–H and O–H groups in total. The second-order valence-electron chi connectivity index (χ2n) is 6.43. The largest absolute Gasteiger partial charge is 0.484 e. The summed E-state index contributed by atoms with van der Waals surface area (Å²) in [7, 11) is 4.15. The number of thioether (sulfide) groups is 1. The van der Waals surface area contributed by atoms with Crippen LogP contribution in [0.1, 0.15) is 0 Å². The predicted molar refractivity (Wildman–Crippen MR) is 113 cm³/mol. The molecule has 1 amide bonds. The Bertz CT molecular complexity index is 897. The molecule has 3 rings (SSSR count). The Kier molecular flexibility index (Phi) is 6.71. The Morgan fingerprint density at radius 3 is 2.70 bits per heavy atom. The number of anilines is 1. The quantitative estimate of drug-likeness (QED) is 0.589. The maximum Gasteiger partial charge on any atom is 0.266 e. The maximum absolute atomic E-state index is 12.9. The van der Waals surface area contributed by atoms with Gasteiger partial charge in [-0.3, -0.25) is 9.69 Å². The standard InChI is InChI=1S/C20H23N3O2S2/c1-22(2)11-12-23(19(24)14-25-15-7-5-4-6-8-15)20-21-17-10-9-16(26-3)13-18(17)27-20/h4-10,13H,11-12,14H2,1-3H3/p+1. The Hall–Kier alpha value is -2.09. The van der Waals surface area contributed by atoms with Crippen molar-refractivity contribution in [1.29, 1.82) is 0 Å². The number of carbonyl (C=O) groups is 1. The SMILES string of the molecule is CSc1ccc2nc(N(CC[NH+](C)C)C(=O)COc3ccccc3)sc2c1. The zero-order valence-corrected chi connectivity index (χ0v) is 17.4. The molecular weight excluding hydrogens is 378 g/mol. The molecule has 0 unspecified atom stereocenters. The zero-order chi connectivity index (χ0) is 19.2. The van der Waals surface area contributed by atoms with Crippen LogP contribution in [0.4, 0.5) is 5.13 Å². The summed E-state index contributed by atoms with van der Waals surface area (Å²) in [5, 5.41) is 0.728. The molecule has 5 nitrogen and oxygen atoms in total. The number of carbonyl (C=O) groups excluding carboxylic acids is 1. The van der Waals surface area contributed by atoms with Crippen LogP contribution in [-0.2, 0) is 4.79 Å². The second kappa shape index (κ2) is 9.21. The van der Waals surface area contributed by atoms with Crippen LogP contribution < -0.4 is 14.5 Å². The maximum atomic E-state index is 12.9. The Morgan fingerprint density at radius 1 is 1.22 bits per heavy atom. The third kappa shape index (κ3) is 5.22. The molecule has 7 heteroatoms. The molecule has 3 aromatic rings. The number of likely N-dealkylation sites (N-methyl/N-ethyl adjacent to an activating group) is 1. The Morgan fingerprint density at radius 2 is 2.00 bits per heavy atom. The van der Waals surface area contributed by atoms with Crippen molar-refractivity contribution in [3.63, 3.8) is 0 Å². The van der Waals surface area contributed by atoms with Gasteiger partial charge >= 0.3 is 0 Å². The van der Waals surface area contributed by atoms with Gasteiger partial charge in [-0.15, -0.1) is 11.8 Å². The highest BCUT2D eigenvalue weighted by atomic mass is 32.2.